The number of benzene rings is 1. The van der Waals surface area contributed by atoms with Crippen LogP contribution in [0.5, 0.6) is 0 Å². The number of pyridine rings is 1. The van der Waals surface area contributed by atoms with Crippen LogP contribution in [0.25, 0.3) is 17.1 Å². The lowest BCUT2D eigenvalue weighted by atomic mass is 10.1. The zero-order valence-corrected chi connectivity index (χ0v) is 12.4. The lowest BCUT2D eigenvalue weighted by Crippen LogP contribution is -2.16. The molecule has 0 spiro atoms. The number of rotatable bonds is 3. The Morgan fingerprint density at radius 2 is 1.96 bits per heavy atom. The van der Waals surface area contributed by atoms with Gasteiger partial charge < -0.3 is 4.52 Å². The van der Waals surface area contributed by atoms with E-state index in [-0.39, 0.29) is 22.8 Å². The van der Waals surface area contributed by atoms with Gasteiger partial charge in [0.1, 0.15) is 17.0 Å². The molecule has 0 unspecified atom stereocenters. The van der Waals surface area contributed by atoms with E-state index in [9.17, 15) is 9.18 Å². The molecule has 0 aliphatic carbocycles. The van der Waals surface area contributed by atoms with Gasteiger partial charge in [0.25, 0.3) is 11.4 Å². The molecule has 0 amide bonds. The van der Waals surface area contributed by atoms with Crippen LogP contribution in [0.4, 0.5) is 4.39 Å². The van der Waals surface area contributed by atoms with Crippen LogP contribution in [0.3, 0.4) is 0 Å². The molecular weight excluding hydrogens is 311 g/mol. The highest BCUT2D eigenvalue weighted by atomic mass is 19.1. The van der Waals surface area contributed by atoms with E-state index < -0.39 is 0 Å². The van der Waals surface area contributed by atoms with Gasteiger partial charge in [0.05, 0.1) is 0 Å². The first-order valence-electron chi connectivity index (χ1n) is 7.24. The smallest absolute Gasteiger partial charge is 0.270 e. The largest absolute Gasteiger partial charge is 0.334 e. The minimum Gasteiger partial charge on any atom is -0.334 e. The first-order chi connectivity index (χ1) is 11.7. The van der Waals surface area contributed by atoms with Gasteiger partial charge in [0, 0.05) is 18.8 Å². The van der Waals surface area contributed by atoms with Crippen molar-refractivity contribution in [3.8, 4) is 11.5 Å². The number of halogens is 1. The molecule has 6 nitrogen and oxygen atoms in total. The molecule has 3 heterocycles. The maximum Gasteiger partial charge on any atom is 0.270 e. The van der Waals surface area contributed by atoms with Crippen LogP contribution < -0.4 is 5.56 Å². The van der Waals surface area contributed by atoms with Gasteiger partial charge in [-0.15, -0.1) is 0 Å². The van der Waals surface area contributed by atoms with Crippen LogP contribution in [0.15, 0.2) is 64.2 Å². The number of hydrogen-bond donors (Lipinski definition) is 0. The molecule has 0 bridgehead atoms. The highest BCUT2D eigenvalue weighted by Crippen LogP contribution is 2.15. The molecule has 0 aliphatic heterocycles. The second kappa shape index (κ2) is 5.69. The van der Waals surface area contributed by atoms with Gasteiger partial charge in [0.2, 0.25) is 0 Å². The molecule has 118 valence electrons. The van der Waals surface area contributed by atoms with Crippen molar-refractivity contribution in [3.63, 3.8) is 0 Å². The first-order valence-corrected chi connectivity index (χ1v) is 7.24. The Morgan fingerprint density at radius 3 is 2.79 bits per heavy atom. The summed E-state index contributed by atoms with van der Waals surface area (Å²) in [6.45, 7) is 0. The molecule has 0 saturated heterocycles. The Labute approximate surface area is 135 Å². The molecule has 7 heteroatoms. The zero-order valence-electron chi connectivity index (χ0n) is 12.4. The SMILES string of the molecule is O=c1c(-c2nc(Cc3ccc(F)cc3)no2)cnc2ccccn12. The highest BCUT2D eigenvalue weighted by molar-refractivity contribution is 5.53. The normalized spacial score (nSPS) is 11.0. The Bertz CT molecular complexity index is 1070. The minimum absolute atomic E-state index is 0.114. The second-order valence-corrected chi connectivity index (χ2v) is 5.22. The summed E-state index contributed by atoms with van der Waals surface area (Å²) in [4.78, 5) is 20.9. The Hall–Kier alpha value is -3.35. The maximum atomic E-state index is 12.9. The monoisotopic (exact) mass is 322 g/mol. The van der Waals surface area contributed by atoms with Crippen LogP contribution >= 0.6 is 0 Å². The fourth-order valence-electron chi connectivity index (χ4n) is 2.39. The van der Waals surface area contributed by atoms with E-state index in [4.69, 9.17) is 4.52 Å². The van der Waals surface area contributed by atoms with E-state index in [2.05, 4.69) is 15.1 Å². The number of nitrogens with zero attached hydrogens (tertiary/aromatic N) is 4. The molecule has 0 N–H and O–H groups in total. The fraction of sp³-hybridized carbons (Fsp3) is 0.0588. The number of hydrogen-bond acceptors (Lipinski definition) is 5. The average Bonchev–Trinajstić information content (AvgIpc) is 3.06. The van der Waals surface area contributed by atoms with Gasteiger partial charge in [-0.25, -0.2) is 9.37 Å². The van der Waals surface area contributed by atoms with Gasteiger partial charge in [-0.1, -0.05) is 23.4 Å². The third-order valence-electron chi connectivity index (χ3n) is 3.59. The van der Waals surface area contributed by atoms with E-state index in [1.165, 1.54) is 22.7 Å². The quantitative estimate of drug-likeness (QED) is 0.579. The number of fused-ring (bicyclic) bond motifs is 1. The molecule has 0 aliphatic rings. The Kier molecular flexibility index (Phi) is 3.38. The van der Waals surface area contributed by atoms with Crippen molar-refractivity contribution in [2.24, 2.45) is 0 Å². The van der Waals surface area contributed by atoms with Crippen LogP contribution in [-0.2, 0) is 6.42 Å². The summed E-state index contributed by atoms with van der Waals surface area (Å²) in [5.41, 5.74) is 1.34. The molecule has 1 aromatic carbocycles. The Morgan fingerprint density at radius 1 is 1.12 bits per heavy atom. The van der Waals surface area contributed by atoms with Crippen molar-refractivity contribution < 1.29 is 8.91 Å². The zero-order chi connectivity index (χ0) is 16.5. The van der Waals surface area contributed by atoms with Gasteiger partial charge in [-0.3, -0.25) is 9.20 Å². The predicted octanol–water partition coefficient (Wildman–Crippen LogP) is 2.47. The van der Waals surface area contributed by atoms with Crippen molar-refractivity contribution in [2.75, 3.05) is 0 Å². The molecule has 0 atom stereocenters. The van der Waals surface area contributed by atoms with Crippen LogP contribution in [0.2, 0.25) is 0 Å². The number of aromatic nitrogens is 4. The van der Waals surface area contributed by atoms with Gasteiger partial charge in [0.15, 0.2) is 5.82 Å². The van der Waals surface area contributed by atoms with E-state index in [1.54, 1.807) is 36.5 Å². The molecule has 0 radical (unpaired) electrons. The molecule has 4 rings (SSSR count). The van der Waals surface area contributed by atoms with Gasteiger partial charge in [-0.05, 0) is 29.8 Å². The molecule has 0 fully saturated rings. The van der Waals surface area contributed by atoms with Crippen molar-refractivity contribution in [2.45, 2.75) is 6.42 Å². The summed E-state index contributed by atoms with van der Waals surface area (Å²) in [5.74, 6) is 0.222. The average molecular weight is 322 g/mol. The van der Waals surface area contributed by atoms with Gasteiger partial charge >= 0.3 is 0 Å². The summed E-state index contributed by atoms with van der Waals surface area (Å²) in [6.07, 6.45) is 3.43. The summed E-state index contributed by atoms with van der Waals surface area (Å²) in [6, 6.07) is 11.3. The molecule has 3 aromatic heterocycles. The van der Waals surface area contributed by atoms with Crippen molar-refractivity contribution >= 4 is 5.65 Å². The maximum absolute atomic E-state index is 12.9. The van der Waals surface area contributed by atoms with Crippen molar-refractivity contribution in [1.82, 2.24) is 19.5 Å². The summed E-state index contributed by atoms with van der Waals surface area (Å²) in [5, 5.41) is 3.88. The molecule has 0 saturated carbocycles. The van der Waals surface area contributed by atoms with Crippen LogP contribution in [0.1, 0.15) is 11.4 Å². The van der Waals surface area contributed by atoms with E-state index in [1.807, 2.05) is 0 Å². The topological polar surface area (TPSA) is 73.3 Å². The molecule has 4 aromatic rings. The van der Waals surface area contributed by atoms with Crippen molar-refractivity contribution in [1.29, 1.82) is 0 Å². The second-order valence-electron chi connectivity index (χ2n) is 5.22. The lowest BCUT2D eigenvalue weighted by Gasteiger charge is -1.99. The third kappa shape index (κ3) is 2.56. The summed E-state index contributed by atoms with van der Waals surface area (Å²) >= 11 is 0. The van der Waals surface area contributed by atoms with E-state index in [0.717, 1.165) is 5.56 Å². The highest BCUT2D eigenvalue weighted by Gasteiger charge is 2.14. The first kappa shape index (κ1) is 14.3. The Balaban J connectivity index is 1.69. The predicted molar refractivity (Wildman–Crippen MR) is 84.0 cm³/mol. The van der Waals surface area contributed by atoms with Crippen molar-refractivity contribution in [3.05, 3.63) is 82.4 Å². The third-order valence-corrected chi connectivity index (χ3v) is 3.59. The summed E-state index contributed by atoms with van der Waals surface area (Å²) < 4.78 is 19.5. The van der Waals surface area contributed by atoms with E-state index in [0.29, 0.717) is 17.9 Å². The van der Waals surface area contributed by atoms with Crippen LogP contribution in [-0.4, -0.2) is 19.5 Å². The minimum atomic E-state index is -0.303. The van der Waals surface area contributed by atoms with E-state index >= 15 is 0 Å². The lowest BCUT2D eigenvalue weighted by molar-refractivity contribution is 0.423. The standard InChI is InChI=1S/C17H11FN4O2/c18-12-6-4-11(5-7-12)9-14-20-16(24-21-14)13-10-19-15-3-1-2-8-22(15)17(13)23/h1-8,10H,9H2. The molecular formula is C17H11FN4O2. The van der Waals surface area contributed by atoms with Gasteiger partial charge in [-0.2, -0.15) is 4.98 Å². The fourth-order valence-corrected chi connectivity index (χ4v) is 2.39. The van der Waals surface area contributed by atoms with Crippen LogP contribution in [0, 0.1) is 5.82 Å². The molecule has 24 heavy (non-hydrogen) atoms. The summed E-state index contributed by atoms with van der Waals surface area (Å²) in [7, 11) is 0.